The Hall–Kier alpha value is -1.46. The van der Waals surface area contributed by atoms with E-state index in [4.69, 9.17) is 22.7 Å². The van der Waals surface area contributed by atoms with Gasteiger partial charge in [-0.25, -0.2) is 0 Å². The van der Waals surface area contributed by atoms with E-state index in [1.54, 1.807) is 0 Å². The SMILES string of the molecule is Cc1cccc(NC(=O)C2CCOC2C)c1C(N)=S. The van der Waals surface area contributed by atoms with Gasteiger partial charge in [0.15, 0.2) is 0 Å². The van der Waals surface area contributed by atoms with Gasteiger partial charge in [-0.3, -0.25) is 4.79 Å². The number of benzene rings is 1. The minimum Gasteiger partial charge on any atom is -0.389 e. The first-order valence-electron chi connectivity index (χ1n) is 6.32. The number of nitrogens with two attached hydrogens (primary N) is 1. The lowest BCUT2D eigenvalue weighted by molar-refractivity contribution is -0.121. The summed E-state index contributed by atoms with van der Waals surface area (Å²) in [7, 11) is 0. The zero-order valence-electron chi connectivity index (χ0n) is 11.1. The monoisotopic (exact) mass is 278 g/mol. The molecule has 4 nitrogen and oxygen atoms in total. The van der Waals surface area contributed by atoms with Crippen molar-refractivity contribution >= 4 is 28.8 Å². The molecule has 2 unspecified atom stereocenters. The highest BCUT2D eigenvalue weighted by atomic mass is 32.1. The van der Waals surface area contributed by atoms with Gasteiger partial charge in [-0.2, -0.15) is 0 Å². The normalized spacial score (nSPS) is 22.2. The van der Waals surface area contributed by atoms with Gasteiger partial charge in [0.25, 0.3) is 0 Å². The number of thiocarbonyl (C=S) groups is 1. The molecule has 5 heteroatoms. The Morgan fingerprint density at radius 2 is 2.26 bits per heavy atom. The minimum absolute atomic E-state index is 0.0342. The lowest BCUT2D eigenvalue weighted by atomic mass is 10.0. The van der Waals surface area contributed by atoms with Crippen LogP contribution in [0.5, 0.6) is 0 Å². The van der Waals surface area contributed by atoms with E-state index in [1.165, 1.54) is 0 Å². The van der Waals surface area contributed by atoms with Crippen LogP contribution in [0.15, 0.2) is 18.2 Å². The molecule has 0 bridgehead atoms. The smallest absolute Gasteiger partial charge is 0.230 e. The fourth-order valence-electron chi connectivity index (χ4n) is 2.40. The van der Waals surface area contributed by atoms with Gasteiger partial charge in [0.05, 0.1) is 17.7 Å². The Kier molecular flexibility index (Phi) is 4.17. The van der Waals surface area contributed by atoms with Crippen molar-refractivity contribution in [2.75, 3.05) is 11.9 Å². The number of carbonyl (C=O) groups excluding carboxylic acids is 1. The number of ether oxygens (including phenoxy) is 1. The van der Waals surface area contributed by atoms with Crippen LogP contribution in [0.2, 0.25) is 0 Å². The van der Waals surface area contributed by atoms with E-state index in [9.17, 15) is 4.79 Å². The molecule has 2 rings (SSSR count). The highest BCUT2D eigenvalue weighted by Crippen LogP contribution is 2.24. The van der Waals surface area contributed by atoms with Crippen molar-refractivity contribution in [1.82, 2.24) is 0 Å². The highest BCUT2D eigenvalue weighted by Gasteiger charge is 2.31. The third-order valence-corrected chi connectivity index (χ3v) is 3.69. The summed E-state index contributed by atoms with van der Waals surface area (Å²) in [5.74, 6) is -0.146. The van der Waals surface area contributed by atoms with Gasteiger partial charge >= 0.3 is 0 Å². The van der Waals surface area contributed by atoms with Crippen molar-refractivity contribution in [3.63, 3.8) is 0 Å². The van der Waals surface area contributed by atoms with Crippen molar-refractivity contribution in [2.24, 2.45) is 11.7 Å². The number of nitrogens with one attached hydrogen (secondary N) is 1. The van der Waals surface area contributed by atoms with Crippen molar-refractivity contribution < 1.29 is 9.53 Å². The summed E-state index contributed by atoms with van der Waals surface area (Å²) in [5.41, 5.74) is 8.10. The van der Waals surface area contributed by atoms with E-state index in [2.05, 4.69) is 5.32 Å². The van der Waals surface area contributed by atoms with Crippen molar-refractivity contribution in [3.8, 4) is 0 Å². The van der Waals surface area contributed by atoms with E-state index in [0.717, 1.165) is 17.5 Å². The lowest BCUT2D eigenvalue weighted by Gasteiger charge is -2.17. The third kappa shape index (κ3) is 2.93. The molecule has 102 valence electrons. The molecular formula is C14H18N2O2S. The molecule has 1 amide bonds. The summed E-state index contributed by atoms with van der Waals surface area (Å²) in [6.07, 6.45) is 0.708. The number of hydrogen-bond donors (Lipinski definition) is 2. The van der Waals surface area contributed by atoms with Crippen LogP contribution in [0.4, 0.5) is 5.69 Å². The van der Waals surface area contributed by atoms with Crippen LogP contribution in [0.25, 0.3) is 0 Å². The quantitative estimate of drug-likeness (QED) is 0.830. The summed E-state index contributed by atoms with van der Waals surface area (Å²) in [6, 6.07) is 5.62. The van der Waals surface area contributed by atoms with Crippen LogP contribution in [-0.4, -0.2) is 23.6 Å². The van der Waals surface area contributed by atoms with E-state index in [1.807, 2.05) is 32.0 Å². The number of hydrogen-bond acceptors (Lipinski definition) is 3. The lowest BCUT2D eigenvalue weighted by Crippen LogP contribution is -2.29. The van der Waals surface area contributed by atoms with Gasteiger partial charge in [-0.1, -0.05) is 24.4 Å². The second-order valence-corrected chi connectivity index (χ2v) is 5.26. The Morgan fingerprint density at radius 1 is 1.53 bits per heavy atom. The van der Waals surface area contributed by atoms with Crippen LogP contribution < -0.4 is 11.1 Å². The van der Waals surface area contributed by atoms with Crippen molar-refractivity contribution in [1.29, 1.82) is 0 Å². The van der Waals surface area contributed by atoms with Crippen molar-refractivity contribution in [2.45, 2.75) is 26.4 Å². The second-order valence-electron chi connectivity index (χ2n) is 4.82. The van der Waals surface area contributed by atoms with E-state index < -0.39 is 0 Å². The van der Waals surface area contributed by atoms with Crippen LogP contribution in [0, 0.1) is 12.8 Å². The molecule has 2 atom stereocenters. The van der Waals surface area contributed by atoms with Crippen LogP contribution >= 0.6 is 12.2 Å². The average Bonchev–Trinajstić information content (AvgIpc) is 2.75. The van der Waals surface area contributed by atoms with Gasteiger partial charge in [0.2, 0.25) is 5.91 Å². The molecule has 0 aliphatic carbocycles. The second kappa shape index (κ2) is 5.67. The van der Waals surface area contributed by atoms with Gasteiger partial charge < -0.3 is 15.8 Å². The fourth-order valence-corrected chi connectivity index (χ4v) is 2.67. The predicted octanol–water partition coefficient (Wildman–Crippen LogP) is 1.99. The number of carbonyl (C=O) groups is 1. The molecule has 1 aromatic rings. The summed E-state index contributed by atoms with van der Waals surface area (Å²) in [6.45, 7) is 4.47. The van der Waals surface area contributed by atoms with Gasteiger partial charge in [0, 0.05) is 12.2 Å². The Labute approximate surface area is 118 Å². The standard InChI is InChI=1S/C14H18N2O2S/c1-8-4-3-5-11(12(8)13(15)19)16-14(17)10-6-7-18-9(10)2/h3-5,9-10H,6-7H2,1-2H3,(H2,15,19)(H,16,17). The fraction of sp³-hybridized carbons (Fsp3) is 0.429. The van der Waals surface area contributed by atoms with Gasteiger partial charge in [-0.15, -0.1) is 0 Å². The summed E-state index contributed by atoms with van der Waals surface area (Å²) >= 11 is 5.05. The number of amides is 1. The molecule has 0 aromatic heterocycles. The van der Waals surface area contributed by atoms with Crippen LogP contribution in [-0.2, 0) is 9.53 Å². The van der Waals surface area contributed by atoms with Gasteiger partial charge in [0.1, 0.15) is 4.99 Å². The van der Waals surface area contributed by atoms with E-state index in [-0.39, 0.29) is 17.9 Å². The van der Waals surface area contributed by atoms with Crippen LogP contribution in [0.1, 0.15) is 24.5 Å². The minimum atomic E-state index is -0.111. The largest absolute Gasteiger partial charge is 0.389 e. The summed E-state index contributed by atoms with van der Waals surface area (Å²) in [4.78, 5) is 12.5. The van der Waals surface area contributed by atoms with E-state index in [0.29, 0.717) is 17.3 Å². The van der Waals surface area contributed by atoms with Crippen LogP contribution in [0.3, 0.4) is 0 Å². The first-order valence-corrected chi connectivity index (χ1v) is 6.73. The molecule has 1 saturated heterocycles. The molecule has 1 aliphatic heterocycles. The number of anilines is 1. The zero-order chi connectivity index (χ0) is 14.0. The first kappa shape index (κ1) is 14.0. The molecule has 1 heterocycles. The Morgan fingerprint density at radius 3 is 2.84 bits per heavy atom. The van der Waals surface area contributed by atoms with E-state index >= 15 is 0 Å². The molecule has 0 spiro atoms. The topological polar surface area (TPSA) is 64.3 Å². The maximum absolute atomic E-state index is 12.2. The average molecular weight is 278 g/mol. The first-order chi connectivity index (χ1) is 9.00. The maximum Gasteiger partial charge on any atom is 0.230 e. The highest BCUT2D eigenvalue weighted by molar-refractivity contribution is 7.80. The third-order valence-electron chi connectivity index (χ3n) is 3.49. The molecule has 0 radical (unpaired) electrons. The molecule has 1 fully saturated rings. The Bertz CT molecular complexity index is 516. The summed E-state index contributed by atoms with van der Waals surface area (Å²) in [5, 5.41) is 2.92. The molecule has 0 saturated carbocycles. The van der Waals surface area contributed by atoms with Crippen molar-refractivity contribution in [3.05, 3.63) is 29.3 Å². The molecule has 1 aromatic carbocycles. The zero-order valence-corrected chi connectivity index (χ0v) is 11.9. The predicted molar refractivity (Wildman–Crippen MR) is 79.2 cm³/mol. The maximum atomic E-state index is 12.2. The summed E-state index contributed by atoms with van der Waals surface area (Å²) < 4.78 is 5.41. The molecule has 1 aliphatic rings. The number of aryl methyl sites for hydroxylation is 1. The van der Waals surface area contributed by atoms with Gasteiger partial charge in [-0.05, 0) is 31.9 Å². The molecule has 3 N–H and O–H groups in total. The molecule has 19 heavy (non-hydrogen) atoms. The Balaban J connectivity index is 2.21. The number of rotatable bonds is 3. The molecular weight excluding hydrogens is 260 g/mol.